The summed E-state index contributed by atoms with van der Waals surface area (Å²) in [5, 5.41) is 10.9. The Labute approximate surface area is 113 Å². The first-order valence-electron chi connectivity index (χ1n) is 6.02. The first-order chi connectivity index (χ1) is 9.50. The van der Waals surface area contributed by atoms with E-state index in [9.17, 15) is 19.7 Å². The number of hydrogen-bond acceptors (Lipinski definition) is 4. The van der Waals surface area contributed by atoms with Gasteiger partial charge in [-0.2, -0.15) is 0 Å². The van der Waals surface area contributed by atoms with E-state index in [1.807, 2.05) is 30.3 Å². The van der Waals surface area contributed by atoms with Gasteiger partial charge in [-0.05, 0) is 18.9 Å². The van der Waals surface area contributed by atoms with Crippen LogP contribution in [-0.4, -0.2) is 14.5 Å². The van der Waals surface area contributed by atoms with Gasteiger partial charge in [0, 0.05) is 6.54 Å². The molecule has 2 aromatic rings. The Morgan fingerprint density at radius 2 is 1.90 bits per heavy atom. The Balaban J connectivity index is 2.38. The monoisotopic (exact) mass is 275 g/mol. The van der Waals surface area contributed by atoms with Crippen LogP contribution >= 0.6 is 0 Å². The highest BCUT2D eigenvalue weighted by Crippen LogP contribution is 2.06. The lowest BCUT2D eigenvalue weighted by Crippen LogP contribution is -2.37. The number of aryl methyl sites for hydroxylation is 2. The molecule has 0 aliphatic heterocycles. The molecular formula is C13H13N3O4. The minimum Gasteiger partial charge on any atom is -0.305 e. The minimum absolute atomic E-state index is 0.0269. The number of H-pyrrole nitrogens is 1. The Morgan fingerprint density at radius 1 is 1.25 bits per heavy atom. The molecule has 7 heteroatoms. The lowest BCUT2D eigenvalue weighted by Gasteiger charge is -2.05. The molecule has 0 aliphatic carbocycles. The molecule has 1 N–H and O–H groups in total. The van der Waals surface area contributed by atoms with Crippen molar-refractivity contribution in [2.75, 3.05) is 0 Å². The van der Waals surface area contributed by atoms with Gasteiger partial charge in [0.1, 0.15) is 5.69 Å². The second-order valence-corrected chi connectivity index (χ2v) is 4.35. The van der Waals surface area contributed by atoms with Gasteiger partial charge < -0.3 is 4.98 Å². The SMILES string of the molecule is Cc1[nH]c(=O)n(CCc2ccccc2)c(=O)c1[N+](=O)[O-]. The highest BCUT2D eigenvalue weighted by molar-refractivity contribution is 5.30. The third-order valence-corrected chi connectivity index (χ3v) is 2.99. The fraction of sp³-hybridized carbons (Fsp3) is 0.231. The predicted octanol–water partition coefficient (Wildman–Crippen LogP) is 0.996. The van der Waals surface area contributed by atoms with E-state index in [0.29, 0.717) is 6.42 Å². The quantitative estimate of drug-likeness (QED) is 0.664. The predicted molar refractivity (Wildman–Crippen MR) is 72.9 cm³/mol. The van der Waals surface area contributed by atoms with E-state index in [-0.39, 0.29) is 12.2 Å². The van der Waals surface area contributed by atoms with Crippen LogP contribution in [0.5, 0.6) is 0 Å². The van der Waals surface area contributed by atoms with E-state index in [4.69, 9.17) is 0 Å². The molecule has 0 bridgehead atoms. The smallest absolute Gasteiger partial charge is 0.305 e. The molecule has 0 spiro atoms. The molecule has 7 nitrogen and oxygen atoms in total. The molecule has 1 aromatic carbocycles. The number of nitrogens with zero attached hydrogens (tertiary/aromatic N) is 2. The summed E-state index contributed by atoms with van der Waals surface area (Å²) in [6, 6.07) is 9.28. The third kappa shape index (κ3) is 2.66. The average molecular weight is 275 g/mol. The molecule has 0 saturated heterocycles. The van der Waals surface area contributed by atoms with Gasteiger partial charge in [-0.1, -0.05) is 30.3 Å². The lowest BCUT2D eigenvalue weighted by molar-refractivity contribution is -0.387. The number of benzene rings is 1. The zero-order valence-electron chi connectivity index (χ0n) is 10.8. The normalized spacial score (nSPS) is 10.4. The van der Waals surface area contributed by atoms with E-state index in [2.05, 4.69) is 4.98 Å². The van der Waals surface area contributed by atoms with Crippen molar-refractivity contribution in [2.24, 2.45) is 0 Å². The third-order valence-electron chi connectivity index (χ3n) is 2.99. The molecule has 2 rings (SSSR count). The Hall–Kier alpha value is -2.70. The number of aromatic nitrogens is 2. The summed E-state index contributed by atoms with van der Waals surface area (Å²) in [5.74, 6) is 0. The van der Waals surface area contributed by atoms with E-state index in [1.165, 1.54) is 6.92 Å². The van der Waals surface area contributed by atoms with E-state index >= 15 is 0 Å². The van der Waals surface area contributed by atoms with Gasteiger partial charge in [-0.25, -0.2) is 4.79 Å². The maximum Gasteiger partial charge on any atom is 0.353 e. The van der Waals surface area contributed by atoms with Crippen LogP contribution in [0.3, 0.4) is 0 Å². The Bertz CT molecular complexity index is 746. The number of nitrogens with one attached hydrogen (secondary N) is 1. The lowest BCUT2D eigenvalue weighted by atomic mass is 10.1. The first kappa shape index (κ1) is 13.7. The van der Waals surface area contributed by atoms with Crippen molar-refractivity contribution in [3.63, 3.8) is 0 Å². The van der Waals surface area contributed by atoms with Crippen molar-refractivity contribution >= 4 is 5.69 Å². The maximum atomic E-state index is 12.0. The van der Waals surface area contributed by atoms with Crippen LogP contribution in [0.4, 0.5) is 5.69 Å². The summed E-state index contributed by atoms with van der Waals surface area (Å²) in [7, 11) is 0. The molecule has 1 heterocycles. The van der Waals surface area contributed by atoms with Crippen LogP contribution in [-0.2, 0) is 13.0 Å². The maximum absolute atomic E-state index is 12.0. The van der Waals surface area contributed by atoms with E-state index < -0.39 is 21.9 Å². The summed E-state index contributed by atoms with van der Waals surface area (Å²) in [6.07, 6.45) is 0.448. The summed E-state index contributed by atoms with van der Waals surface area (Å²) < 4.78 is 0.859. The molecular weight excluding hydrogens is 262 g/mol. The Kier molecular flexibility index (Phi) is 3.79. The highest BCUT2D eigenvalue weighted by atomic mass is 16.6. The molecule has 20 heavy (non-hydrogen) atoms. The molecule has 0 radical (unpaired) electrons. The second-order valence-electron chi connectivity index (χ2n) is 4.35. The summed E-state index contributed by atoms with van der Waals surface area (Å²) >= 11 is 0. The molecule has 0 atom stereocenters. The van der Waals surface area contributed by atoms with Crippen molar-refractivity contribution in [3.05, 3.63) is 72.5 Å². The molecule has 104 valence electrons. The fourth-order valence-corrected chi connectivity index (χ4v) is 1.97. The van der Waals surface area contributed by atoms with Crippen molar-refractivity contribution in [1.82, 2.24) is 9.55 Å². The van der Waals surface area contributed by atoms with Crippen LogP contribution in [0.2, 0.25) is 0 Å². The second kappa shape index (κ2) is 5.52. The van der Waals surface area contributed by atoms with Gasteiger partial charge in [0.25, 0.3) is 0 Å². The van der Waals surface area contributed by atoms with Gasteiger partial charge in [-0.3, -0.25) is 19.5 Å². The molecule has 1 aromatic heterocycles. The summed E-state index contributed by atoms with van der Waals surface area (Å²) in [6.45, 7) is 1.43. The van der Waals surface area contributed by atoms with Gasteiger partial charge >= 0.3 is 16.9 Å². The van der Waals surface area contributed by atoms with Crippen LogP contribution in [0.25, 0.3) is 0 Å². The topological polar surface area (TPSA) is 98.0 Å². The van der Waals surface area contributed by atoms with Gasteiger partial charge in [0.2, 0.25) is 0 Å². The summed E-state index contributed by atoms with van der Waals surface area (Å²) in [5.41, 5.74) is -1.16. The van der Waals surface area contributed by atoms with Crippen LogP contribution in [0.1, 0.15) is 11.3 Å². The van der Waals surface area contributed by atoms with Crippen LogP contribution in [0.15, 0.2) is 39.9 Å². The van der Waals surface area contributed by atoms with Crippen LogP contribution in [0, 0.1) is 17.0 Å². The van der Waals surface area contributed by atoms with Crippen molar-refractivity contribution in [1.29, 1.82) is 0 Å². The van der Waals surface area contributed by atoms with Gasteiger partial charge in [0.15, 0.2) is 0 Å². The minimum atomic E-state index is -0.868. The van der Waals surface area contributed by atoms with Crippen molar-refractivity contribution in [3.8, 4) is 0 Å². The molecule has 0 aliphatic rings. The number of aromatic amines is 1. The van der Waals surface area contributed by atoms with E-state index in [0.717, 1.165) is 10.1 Å². The average Bonchev–Trinajstić information content (AvgIpc) is 2.38. The molecule has 0 saturated carbocycles. The number of rotatable bonds is 4. The molecule has 0 fully saturated rings. The van der Waals surface area contributed by atoms with Gasteiger partial charge in [0.05, 0.1) is 4.92 Å². The molecule has 0 amide bonds. The van der Waals surface area contributed by atoms with Gasteiger partial charge in [-0.15, -0.1) is 0 Å². The van der Waals surface area contributed by atoms with Crippen LogP contribution < -0.4 is 11.2 Å². The zero-order valence-corrected chi connectivity index (χ0v) is 10.8. The largest absolute Gasteiger partial charge is 0.353 e. The van der Waals surface area contributed by atoms with Crippen molar-refractivity contribution < 1.29 is 4.92 Å². The Morgan fingerprint density at radius 3 is 2.50 bits per heavy atom. The first-order valence-corrected chi connectivity index (χ1v) is 6.02. The zero-order chi connectivity index (χ0) is 14.7. The highest BCUT2D eigenvalue weighted by Gasteiger charge is 2.20. The summed E-state index contributed by atoms with van der Waals surface area (Å²) in [4.78, 5) is 36.1. The van der Waals surface area contributed by atoms with Crippen molar-refractivity contribution in [2.45, 2.75) is 19.9 Å². The van der Waals surface area contributed by atoms with E-state index in [1.54, 1.807) is 0 Å². The number of nitro groups is 1. The number of hydrogen-bond donors (Lipinski definition) is 1. The standard InChI is InChI=1S/C13H13N3O4/c1-9-11(16(19)20)12(17)15(13(18)14-9)8-7-10-5-3-2-4-6-10/h2-6H,7-8H2,1H3,(H,14,18). The molecule has 0 unspecified atom stereocenters. The fourth-order valence-electron chi connectivity index (χ4n) is 1.97.